The van der Waals surface area contributed by atoms with Crippen molar-refractivity contribution in [1.82, 2.24) is 0 Å². The molecule has 0 unspecified atom stereocenters. The van der Waals surface area contributed by atoms with E-state index in [1.54, 1.807) is 7.11 Å². The predicted molar refractivity (Wildman–Crippen MR) is 78.5 cm³/mol. The molecule has 1 rings (SSSR count). The quantitative estimate of drug-likeness (QED) is 0.453. The fourth-order valence-corrected chi connectivity index (χ4v) is 1.93. The maximum atomic E-state index is 11.8. The molecule has 0 aromatic heterocycles. The predicted octanol–water partition coefficient (Wildman–Crippen LogP) is 2.79. The molecule has 7 heteroatoms. The Morgan fingerprint density at radius 3 is 2.65 bits per heavy atom. The van der Waals surface area contributed by atoms with E-state index < -0.39 is 5.97 Å². The zero-order chi connectivity index (χ0) is 15.0. The van der Waals surface area contributed by atoms with Gasteiger partial charge in [-0.1, -0.05) is 23.2 Å². The van der Waals surface area contributed by atoms with Crippen molar-refractivity contribution >= 4 is 34.9 Å². The van der Waals surface area contributed by atoms with Gasteiger partial charge in [0.1, 0.15) is 6.61 Å². The largest absolute Gasteiger partial charge is 0.460 e. The summed E-state index contributed by atoms with van der Waals surface area (Å²) < 4.78 is 15.2. The third-order valence-electron chi connectivity index (χ3n) is 2.41. The fraction of sp³-hybridized carbons (Fsp3) is 0.462. The molecule has 0 bridgehead atoms. The summed E-state index contributed by atoms with van der Waals surface area (Å²) >= 11 is 11.7. The molecule has 0 heterocycles. The van der Waals surface area contributed by atoms with Gasteiger partial charge >= 0.3 is 5.97 Å². The highest BCUT2D eigenvalue weighted by Gasteiger charge is 2.14. The number of benzene rings is 1. The smallest absolute Gasteiger partial charge is 0.340 e. The van der Waals surface area contributed by atoms with Crippen LogP contribution in [0.1, 0.15) is 16.8 Å². The summed E-state index contributed by atoms with van der Waals surface area (Å²) in [6, 6.07) is 2.89. The van der Waals surface area contributed by atoms with Gasteiger partial charge < -0.3 is 19.9 Å². The zero-order valence-electron chi connectivity index (χ0n) is 11.2. The van der Waals surface area contributed by atoms with Crippen LogP contribution in [0.4, 0.5) is 5.69 Å². The van der Waals surface area contributed by atoms with Crippen LogP contribution in [0.3, 0.4) is 0 Å². The summed E-state index contributed by atoms with van der Waals surface area (Å²) in [5, 5.41) is 0.548. The normalized spacial score (nSPS) is 10.6. The molecular formula is C13H17Cl2NO4. The lowest BCUT2D eigenvalue weighted by atomic mass is 10.2. The van der Waals surface area contributed by atoms with Crippen LogP contribution in [-0.2, 0) is 14.2 Å². The van der Waals surface area contributed by atoms with Crippen molar-refractivity contribution in [2.24, 2.45) is 0 Å². The summed E-state index contributed by atoms with van der Waals surface area (Å²) in [6.45, 7) is 1.63. The number of esters is 1. The minimum absolute atomic E-state index is 0.134. The summed E-state index contributed by atoms with van der Waals surface area (Å²) in [5.41, 5.74) is 6.01. The first-order chi connectivity index (χ1) is 9.56. The topological polar surface area (TPSA) is 70.8 Å². The summed E-state index contributed by atoms with van der Waals surface area (Å²) in [7, 11) is 1.63. The van der Waals surface area contributed by atoms with Gasteiger partial charge in [0.2, 0.25) is 0 Å². The first kappa shape index (κ1) is 17.0. The average Bonchev–Trinajstić information content (AvgIpc) is 2.41. The lowest BCUT2D eigenvalue weighted by molar-refractivity contribution is 0.0289. The summed E-state index contributed by atoms with van der Waals surface area (Å²) in [6.07, 6.45) is 0.793. The van der Waals surface area contributed by atoms with Crippen LogP contribution in [0.5, 0.6) is 0 Å². The molecular weight excluding hydrogens is 305 g/mol. The Hall–Kier alpha value is -1.01. The maximum absolute atomic E-state index is 11.8. The highest BCUT2D eigenvalue weighted by molar-refractivity contribution is 6.37. The highest BCUT2D eigenvalue weighted by Crippen LogP contribution is 2.27. The Morgan fingerprint density at radius 2 is 1.95 bits per heavy atom. The molecule has 1 aromatic carbocycles. The van der Waals surface area contributed by atoms with Gasteiger partial charge in [0, 0.05) is 25.3 Å². The van der Waals surface area contributed by atoms with Crippen molar-refractivity contribution < 1.29 is 19.0 Å². The molecule has 0 atom stereocenters. The van der Waals surface area contributed by atoms with Crippen molar-refractivity contribution in [2.75, 3.05) is 39.3 Å². The number of anilines is 1. The van der Waals surface area contributed by atoms with Gasteiger partial charge in [-0.3, -0.25) is 0 Å². The molecule has 0 amide bonds. The van der Waals surface area contributed by atoms with Gasteiger partial charge in [0.15, 0.2) is 0 Å². The number of hydrogen-bond donors (Lipinski definition) is 1. The molecule has 112 valence electrons. The number of rotatable bonds is 8. The minimum atomic E-state index is -0.576. The van der Waals surface area contributed by atoms with Gasteiger partial charge in [0.05, 0.1) is 22.9 Å². The molecule has 0 saturated carbocycles. The molecule has 0 aliphatic carbocycles. The average molecular weight is 322 g/mol. The Labute approximate surface area is 127 Å². The SMILES string of the molecule is COCCCOCCOC(=O)c1cc(Cl)cc(Cl)c1N. The van der Waals surface area contributed by atoms with Gasteiger partial charge in [-0.15, -0.1) is 0 Å². The van der Waals surface area contributed by atoms with Gasteiger partial charge in [-0.2, -0.15) is 0 Å². The van der Waals surface area contributed by atoms with E-state index in [-0.39, 0.29) is 22.9 Å². The van der Waals surface area contributed by atoms with Crippen molar-refractivity contribution in [3.8, 4) is 0 Å². The first-order valence-corrected chi connectivity index (χ1v) is 6.80. The molecule has 0 radical (unpaired) electrons. The molecule has 0 spiro atoms. The molecule has 20 heavy (non-hydrogen) atoms. The van der Waals surface area contributed by atoms with Crippen LogP contribution < -0.4 is 5.73 Å². The van der Waals surface area contributed by atoms with Crippen LogP contribution in [0.2, 0.25) is 10.0 Å². The van der Waals surface area contributed by atoms with Crippen molar-refractivity contribution in [3.63, 3.8) is 0 Å². The van der Waals surface area contributed by atoms with Crippen LogP contribution >= 0.6 is 23.2 Å². The highest BCUT2D eigenvalue weighted by atomic mass is 35.5. The Morgan fingerprint density at radius 1 is 1.20 bits per heavy atom. The lowest BCUT2D eigenvalue weighted by Gasteiger charge is -2.09. The van der Waals surface area contributed by atoms with Crippen LogP contribution in [-0.4, -0.2) is 39.5 Å². The van der Waals surface area contributed by atoms with Gasteiger partial charge in [0.25, 0.3) is 0 Å². The Balaban J connectivity index is 2.36. The van der Waals surface area contributed by atoms with E-state index in [1.165, 1.54) is 12.1 Å². The second-order valence-corrected chi connectivity index (χ2v) is 4.79. The van der Waals surface area contributed by atoms with Crippen LogP contribution in [0.15, 0.2) is 12.1 Å². The number of ether oxygens (including phenoxy) is 3. The minimum Gasteiger partial charge on any atom is -0.460 e. The Kier molecular flexibility index (Phi) is 7.69. The van der Waals surface area contributed by atoms with E-state index in [9.17, 15) is 4.79 Å². The van der Waals surface area contributed by atoms with Gasteiger partial charge in [-0.25, -0.2) is 4.79 Å². The molecule has 0 saturated heterocycles. The lowest BCUT2D eigenvalue weighted by Crippen LogP contribution is -2.13. The fourth-order valence-electron chi connectivity index (χ4n) is 1.43. The van der Waals surface area contributed by atoms with E-state index in [2.05, 4.69) is 0 Å². The van der Waals surface area contributed by atoms with E-state index in [1.807, 2.05) is 0 Å². The van der Waals surface area contributed by atoms with Crippen LogP contribution in [0.25, 0.3) is 0 Å². The third-order valence-corrected chi connectivity index (χ3v) is 2.94. The van der Waals surface area contributed by atoms with Gasteiger partial charge in [-0.05, 0) is 18.6 Å². The zero-order valence-corrected chi connectivity index (χ0v) is 12.7. The summed E-state index contributed by atoms with van der Waals surface area (Å²) in [4.78, 5) is 11.8. The number of carbonyl (C=O) groups is 1. The molecule has 2 N–H and O–H groups in total. The second kappa shape index (κ2) is 9.02. The standard InChI is InChI=1S/C13H17Cl2NO4/c1-18-3-2-4-19-5-6-20-13(17)10-7-9(14)8-11(15)12(10)16/h7-8H,2-6,16H2,1H3. The Bertz CT molecular complexity index is 454. The summed E-state index contributed by atoms with van der Waals surface area (Å²) in [5.74, 6) is -0.576. The number of nitrogen functional groups attached to an aromatic ring is 1. The molecule has 1 aromatic rings. The number of carbonyl (C=O) groups excluding carboxylic acids is 1. The number of nitrogens with two attached hydrogens (primary N) is 1. The molecule has 0 fully saturated rings. The van der Waals surface area contributed by atoms with Crippen molar-refractivity contribution in [3.05, 3.63) is 27.7 Å². The number of halogens is 2. The first-order valence-electron chi connectivity index (χ1n) is 6.04. The van der Waals surface area contributed by atoms with E-state index >= 15 is 0 Å². The van der Waals surface area contributed by atoms with Crippen molar-refractivity contribution in [1.29, 1.82) is 0 Å². The van der Waals surface area contributed by atoms with E-state index in [0.717, 1.165) is 6.42 Å². The number of hydrogen-bond acceptors (Lipinski definition) is 5. The second-order valence-electron chi connectivity index (χ2n) is 3.94. The molecule has 5 nitrogen and oxygen atoms in total. The molecule has 0 aliphatic rings. The van der Waals surface area contributed by atoms with Crippen molar-refractivity contribution in [2.45, 2.75) is 6.42 Å². The van der Waals surface area contributed by atoms with E-state index in [0.29, 0.717) is 24.8 Å². The van der Waals surface area contributed by atoms with E-state index in [4.69, 9.17) is 43.1 Å². The number of methoxy groups -OCH3 is 1. The maximum Gasteiger partial charge on any atom is 0.340 e. The third kappa shape index (κ3) is 5.54. The monoisotopic (exact) mass is 321 g/mol. The molecule has 0 aliphatic heterocycles. The van der Waals surface area contributed by atoms with Crippen LogP contribution in [0, 0.1) is 0 Å².